The number of aliphatic hydroxyl groups is 2. The highest BCUT2D eigenvalue weighted by Gasteiger charge is 2.25. The van der Waals surface area contributed by atoms with E-state index in [2.05, 4.69) is 12.6 Å². The van der Waals surface area contributed by atoms with Gasteiger partial charge in [0, 0.05) is 6.42 Å². The summed E-state index contributed by atoms with van der Waals surface area (Å²) in [7, 11) is 0. The minimum atomic E-state index is -1.11. The van der Waals surface area contributed by atoms with Crippen molar-refractivity contribution in [1.82, 2.24) is 0 Å². The molecule has 15 heavy (non-hydrogen) atoms. The fourth-order valence-electron chi connectivity index (χ4n) is 2.76. The lowest BCUT2D eigenvalue weighted by molar-refractivity contribution is -0.0654. The zero-order valence-electron chi connectivity index (χ0n) is 9.44. The fourth-order valence-corrected chi connectivity index (χ4v) is 2.99. The minimum Gasteiger partial charge on any atom is -0.368 e. The molecule has 0 aliphatic heterocycles. The lowest BCUT2D eigenvalue weighted by Crippen LogP contribution is -2.24. The van der Waals surface area contributed by atoms with E-state index in [1.54, 1.807) is 0 Å². The molecule has 1 aliphatic rings. The van der Waals surface area contributed by atoms with Crippen LogP contribution in [-0.2, 0) is 0 Å². The molecular formula is C12H24O2S. The summed E-state index contributed by atoms with van der Waals surface area (Å²) in [6.45, 7) is 0. The van der Waals surface area contributed by atoms with Crippen molar-refractivity contribution in [3.8, 4) is 0 Å². The van der Waals surface area contributed by atoms with Crippen molar-refractivity contribution >= 4 is 12.6 Å². The van der Waals surface area contributed by atoms with E-state index in [0.29, 0.717) is 12.3 Å². The molecule has 0 aromatic rings. The third-order valence-electron chi connectivity index (χ3n) is 3.56. The van der Waals surface area contributed by atoms with Gasteiger partial charge in [0.1, 0.15) is 0 Å². The Morgan fingerprint density at radius 2 is 1.73 bits per heavy atom. The molecule has 0 heterocycles. The monoisotopic (exact) mass is 232 g/mol. The quantitative estimate of drug-likeness (QED) is 0.374. The van der Waals surface area contributed by atoms with Gasteiger partial charge in [-0.3, -0.25) is 0 Å². The van der Waals surface area contributed by atoms with Gasteiger partial charge < -0.3 is 10.2 Å². The zero-order valence-corrected chi connectivity index (χ0v) is 10.3. The van der Waals surface area contributed by atoms with Gasteiger partial charge in [0.2, 0.25) is 0 Å². The average molecular weight is 232 g/mol. The first-order valence-corrected chi connectivity index (χ1v) is 6.84. The standard InChI is InChI=1S/C12H24O2S/c13-12(14)9-11-7-2-1-5-10(11)6-3-4-8-15/h10-15H,1-9H2. The second-order valence-corrected chi connectivity index (χ2v) is 5.19. The lowest BCUT2D eigenvalue weighted by Gasteiger charge is -2.32. The first kappa shape index (κ1) is 13.3. The van der Waals surface area contributed by atoms with Crippen LogP contribution in [0.4, 0.5) is 0 Å². The summed E-state index contributed by atoms with van der Waals surface area (Å²) in [6.07, 6.45) is 8.20. The van der Waals surface area contributed by atoms with Gasteiger partial charge in [-0.1, -0.05) is 32.1 Å². The van der Waals surface area contributed by atoms with Crippen molar-refractivity contribution in [3.63, 3.8) is 0 Å². The molecular weight excluding hydrogens is 208 g/mol. The van der Waals surface area contributed by atoms with E-state index >= 15 is 0 Å². The van der Waals surface area contributed by atoms with Gasteiger partial charge in [-0.2, -0.15) is 12.6 Å². The number of hydrogen-bond donors (Lipinski definition) is 3. The van der Waals surface area contributed by atoms with Gasteiger partial charge in [0.15, 0.2) is 6.29 Å². The van der Waals surface area contributed by atoms with Gasteiger partial charge in [-0.05, 0) is 30.4 Å². The molecule has 0 bridgehead atoms. The maximum absolute atomic E-state index is 9.04. The normalized spacial score (nSPS) is 27.2. The molecule has 2 nitrogen and oxygen atoms in total. The van der Waals surface area contributed by atoms with Crippen LogP contribution in [0, 0.1) is 11.8 Å². The van der Waals surface area contributed by atoms with Crippen molar-refractivity contribution in [2.24, 2.45) is 11.8 Å². The Bertz CT molecular complexity index is 162. The Kier molecular flexibility index (Phi) is 6.69. The average Bonchev–Trinajstić information content (AvgIpc) is 2.20. The molecule has 0 amide bonds. The molecule has 0 aromatic heterocycles. The summed E-state index contributed by atoms with van der Waals surface area (Å²) < 4.78 is 0. The van der Waals surface area contributed by atoms with Crippen molar-refractivity contribution in [3.05, 3.63) is 0 Å². The summed E-state index contributed by atoms with van der Waals surface area (Å²) in [5.74, 6) is 2.24. The molecule has 1 rings (SSSR count). The molecule has 2 atom stereocenters. The van der Waals surface area contributed by atoms with Crippen LogP contribution >= 0.6 is 12.6 Å². The van der Waals surface area contributed by atoms with Crippen LogP contribution in [-0.4, -0.2) is 22.3 Å². The Balaban J connectivity index is 2.29. The summed E-state index contributed by atoms with van der Waals surface area (Å²) in [5, 5.41) is 18.1. The maximum atomic E-state index is 9.04. The number of aliphatic hydroxyl groups excluding tert-OH is 1. The van der Waals surface area contributed by atoms with Gasteiger partial charge >= 0.3 is 0 Å². The van der Waals surface area contributed by atoms with Crippen LogP contribution in [0.1, 0.15) is 51.4 Å². The molecule has 1 aliphatic carbocycles. The molecule has 0 spiro atoms. The van der Waals surface area contributed by atoms with Gasteiger partial charge in [-0.15, -0.1) is 0 Å². The van der Waals surface area contributed by atoms with E-state index in [9.17, 15) is 0 Å². The predicted molar refractivity (Wildman–Crippen MR) is 66.0 cm³/mol. The molecule has 2 unspecified atom stereocenters. The Labute approximate surface area is 98.5 Å². The van der Waals surface area contributed by atoms with Crippen molar-refractivity contribution in [1.29, 1.82) is 0 Å². The fraction of sp³-hybridized carbons (Fsp3) is 1.00. The van der Waals surface area contributed by atoms with Gasteiger partial charge in [0.25, 0.3) is 0 Å². The van der Waals surface area contributed by atoms with Crippen LogP contribution < -0.4 is 0 Å². The first-order chi connectivity index (χ1) is 7.24. The number of hydrogen-bond acceptors (Lipinski definition) is 3. The molecule has 0 radical (unpaired) electrons. The van der Waals surface area contributed by atoms with Gasteiger partial charge in [-0.25, -0.2) is 0 Å². The highest BCUT2D eigenvalue weighted by Crippen LogP contribution is 2.36. The third-order valence-corrected chi connectivity index (χ3v) is 3.88. The third kappa shape index (κ3) is 5.23. The molecule has 1 saturated carbocycles. The summed E-state index contributed by atoms with van der Waals surface area (Å²) >= 11 is 4.22. The number of rotatable bonds is 6. The molecule has 90 valence electrons. The lowest BCUT2D eigenvalue weighted by atomic mass is 9.75. The van der Waals surface area contributed by atoms with Crippen molar-refractivity contribution in [2.75, 3.05) is 5.75 Å². The second-order valence-electron chi connectivity index (χ2n) is 4.74. The van der Waals surface area contributed by atoms with Crippen LogP contribution in [0.2, 0.25) is 0 Å². The van der Waals surface area contributed by atoms with Gasteiger partial charge in [0.05, 0.1) is 0 Å². The largest absolute Gasteiger partial charge is 0.368 e. The molecule has 0 aromatic carbocycles. The smallest absolute Gasteiger partial charge is 0.151 e. The highest BCUT2D eigenvalue weighted by molar-refractivity contribution is 7.80. The Morgan fingerprint density at radius 1 is 1.07 bits per heavy atom. The highest BCUT2D eigenvalue weighted by atomic mass is 32.1. The van der Waals surface area contributed by atoms with E-state index in [4.69, 9.17) is 10.2 Å². The summed E-state index contributed by atoms with van der Waals surface area (Å²) in [5.41, 5.74) is 0. The van der Waals surface area contributed by atoms with Crippen molar-refractivity contribution < 1.29 is 10.2 Å². The predicted octanol–water partition coefficient (Wildman–Crippen LogP) is 2.59. The van der Waals surface area contributed by atoms with E-state index in [1.165, 1.54) is 44.9 Å². The van der Waals surface area contributed by atoms with Crippen LogP contribution in [0.25, 0.3) is 0 Å². The number of thiol groups is 1. The maximum Gasteiger partial charge on any atom is 0.151 e. The Morgan fingerprint density at radius 3 is 2.33 bits per heavy atom. The van der Waals surface area contributed by atoms with E-state index < -0.39 is 6.29 Å². The summed E-state index contributed by atoms with van der Waals surface area (Å²) in [6, 6.07) is 0. The zero-order chi connectivity index (χ0) is 11.1. The van der Waals surface area contributed by atoms with Crippen LogP contribution in [0.15, 0.2) is 0 Å². The van der Waals surface area contributed by atoms with E-state index in [0.717, 1.165) is 11.7 Å². The van der Waals surface area contributed by atoms with E-state index in [1.807, 2.05) is 0 Å². The van der Waals surface area contributed by atoms with Crippen LogP contribution in [0.3, 0.4) is 0 Å². The first-order valence-electron chi connectivity index (χ1n) is 6.21. The molecule has 0 saturated heterocycles. The second kappa shape index (κ2) is 7.53. The Hall–Kier alpha value is 0.270. The topological polar surface area (TPSA) is 40.5 Å². The van der Waals surface area contributed by atoms with E-state index in [-0.39, 0.29) is 0 Å². The minimum absolute atomic E-state index is 0.540. The molecule has 2 N–H and O–H groups in total. The summed E-state index contributed by atoms with van der Waals surface area (Å²) in [4.78, 5) is 0. The van der Waals surface area contributed by atoms with Crippen LogP contribution in [0.5, 0.6) is 0 Å². The molecule has 1 fully saturated rings. The molecule has 3 heteroatoms. The van der Waals surface area contributed by atoms with Crippen molar-refractivity contribution in [2.45, 2.75) is 57.7 Å². The number of unbranched alkanes of at least 4 members (excludes halogenated alkanes) is 1. The SMILES string of the molecule is OC(O)CC1CCCCC1CCCCS.